The van der Waals surface area contributed by atoms with E-state index in [0.29, 0.717) is 11.6 Å². The van der Waals surface area contributed by atoms with Crippen LogP contribution in [0, 0.1) is 6.92 Å². The van der Waals surface area contributed by atoms with Gasteiger partial charge in [0, 0.05) is 6.07 Å². The molecule has 31 heavy (non-hydrogen) atoms. The van der Waals surface area contributed by atoms with Gasteiger partial charge in [0.05, 0.1) is 22.0 Å². The molecule has 7 nitrogen and oxygen atoms in total. The number of carboxylic acid groups (broad SMARTS) is 1. The van der Waals surface area contributed by atoms with E-state index in [0.717, 1.165) is 4.68 Å². The molecule has 0 aliphatic rings. The van der Waals surface area contributed by atoms with E-state index < -0.39 is 30.4 Å². The molecule has 0 aliphatic carbocycles. The van der Waals surface area contributed by atoms with Crippen LogP contribution in [-0.4, -0.2) is 33.4 Å². The molecule has 0 radical (unpaired) electrons. The Hall–Kier alpha value is -3.53. The van der Waals surface area contributed by atoms with E-state index in [1.807, 2.05) is 0 Å². The number of carbonyl (C=O) groups is 2. The number of nitrogens with zero attached hydrogens (tertiary/aromatic N) is 2. The average molecular weight is 454 g/mol. The molecule has 0 bridgehead atoms. The molecule has 3 rings (SSSR count). The van der Waals surface area contributed by atoms with Crippen molar-refractivity contribution in [2.75, 3.05) is 11.9 Å². The summed E-state index contributed by atoms with van der Waals surface area (Å²) < 4.78 is 45.5. The number of halogens is 4. The normalized spacial score (nSPS) is 11.3. The fourth-order valence-electron chi connectivity index (χ4n) is 2.78. The average Bonchev–Trinajstić information content (AvgIpc) is 3.11. The summed E-state index contributed by atoms with van der Waals surface area (Å²) in [4.78, 5) is 23.7. The van der Waals surface area contributed by atoms with Gasteiger partial charge in [-0.1, -0.05) is 35.9 Å². The van der Waals surface area contributed by atoms with Crippen LogP contribution in [0.25, 0.3) is 5.69 Å². The maximum absolute atomic E-state index is 13.1. The number of ether oxygens (including phenoxy) is 1. The minimum Gasteiger partial charge on any atom is -0.478 e. The lowest BCUT2D eigenvalue weighted by Gasteiger charge is -2.12. The van der Waals surface area contributed by atoms with Crippen LogP contribution < -0.4 is 10.1 Å². The summed E-state index contributed by atoms with van der Waals surface area (Å²) in [5.74, 6) is -2.37. The van der Waals surface area contributed by atoms with Crippen molar-refractivity contribution in [3.8, 4) is 11.6 Å². The number of rotatable bonds is 6. The third-order valence-corrected chi connectivity index (χ3v) is 4.48. The smallest absolute Gasteiger partial charge is 0.435 e. The summed E-state index contributed by atoms with van der Waals surface area (Å²) in [7, 11) is 0. The molecule has 11 heteroatoms. The second-order valence-electron chi connectivity index (χ2n) is 6.37. The van der Waals surface area contributed by atoms with Gasteiger partial charge in [-0.25, -0.2) is 4.79 Å². The van der Waals surface area contributed by atoms with E-state index in [4.69, 9.17) is 16.3 Å². The van der Waals surface area contributed by atoms with Crippen LogP contribution in [0.15, 0.2) is 48.5 Å². The molecule has 2 N–H and O–H groups in total. The van der Waals surface area contributed by atoms with E-state index in [-0.39, 0.29) is 27.8 Å². The number of aryl methyl sites for hydroxylation is 1. The zero-order valence-corrected chi connectivity index (χ0v) is 16.7. The molecule has 0 unspecified atom stereocenters. The first-order valence-corrected chi connectivity index (χ1v) is 9.13. The fourth-order valence-corrected chi connectivity index (χ4v) is 3.00. The van der Waals surface area contributed by atoms with Gasteiger partial charge < -0.3 is 15.2 Å². The van der Waals surface area contributed by atoms with Gasteiger partial charge in [-0.05, 0) is 30.7 Å². The lowest BCUT2D eigenvalue weighted by Crippen LogP contribution is -2.22. The highest BCUT2D eigenvalue weighted by Gasteiger charge is 2.36. The second-order valence-corrected chi connectivity index (χ2v) is 6.78. The molecule has 1 aromatic heterocycles. The van der Waals surface area contributed by atoms with Crippen molar-refractivity contribution in [3.63, 3.8) is 0 Å². The maximum Gasteiger partial charge on any atom is 0.435 e. The van der Waals surface area contributed by atoms with Crippen molar-refractivity contribution in [1.82, 2.24) is 9.78 Å². The molecule has 0 saturated heterocycles. The van der Waals surface area contributed by atoms with E-state index in [9.17, 15) is 27.9 Å². The van der Waals surface area contributed by atoms with E-state index in [1.54, 1.807) is 31.2 Å². The number of benzene rings is 2. The Labute approximate surface area is 179 Å². The Bertz CT molecular complexity index is 1140. The van der Waals surface area contributed by atoms with Crippen LogP contribution in [0.1, 0.15) is 21.6 Å². The SMILES string of the molecule is Cc1cccc(NC(=O)COc2cc(C(F)(F)F)nn2-c2ccccc2Cl)c1C(=O)O. The first-order valence-electron chi connectivity index (χ1n) is 8.75. The van der Waals surface area contributed by atoms with Gasteiger partial charge in [0.15, 0.2) is 12.3 Å². The van der Waals surface area contributed by atoms with Crippen LogP contribution in [0.2, 0.25) is 5.02 Å². The molecule has 0 saturated carbocycles. The Morgan fingerprint density at radius 3 is 2.55 bits per heavy atom. The summed E-state index contributed by atoms with van der Waals surface area (Å²) in [6.07, 6.45) is -4.75. The third kappa shape index (κ3) is 4.97. The highest BCUT2D eigenvalue weighted by Crippen LogP contribution is 2.33. The van der Waals surface area contributed by atoms with E-state index in [1.165, 1.54) is 18.2 Å². The van der Waals surface area contributed by atoms with Crippen LogP contribution in [0.5, 0.6) is 5.88 Å². The Balaban J connectivity index is 1.84. The molecule has 1 heterocycles. The fraction of sp³-hybridized carbons (Fsp3) is 0.150. The molecular formula is C20H15ClF3N3O4. The summed E-state index contributed by atoms with van der Waals surface area (Å²) >= 11 is 6.05. The van der Waals surface area contributed by atoms with Gasteiger partial charge in [0.1, 0.15) is 0 Å². The number of nitrogens with one attached hydrogen (secondary N) is 1. The van der Waals surface area contributed by atoms with E-state index >= 15 is 0 Å². The Morgan fingerprint density at radius 2 is 1.90 bits per heavy atom. The second kappa shape index (κ2) is 8.68. The van der Waals surface area contributed by atoms with Gasteiger partial charge >= 0.3 is 12.1 Å². The van der Waals surface area contributed by atoms with Crippen LogP contribution >= 0.6 is 11.6 Å². The van der Waals surface area contributed by atoms with Crippen molar-refractivity contribution >= 4 is 29.2 Å². The van der Waals surface area contributed by atoms with Gasteiger partial charge in [0.25, 0.3) is 5.91 Å². The molecule has 1 amide bonds. The minimum atomic E-state index is -4.75. The number of amides is 1. The maximum atomic E-state index is 13.1. The number of para-hydroxylation sites is 1. The molecule has 0 aliphatic heterocycles. The highest BCUT2D eigenvalue weighted by atomic mass is 35.5. The van der Waals surface area contributed by atoms with Crippen LogP contribution in [0.3, 0.4) is 0 Å². The highest BCUT2D eigenvalue weighted by molar-refractivity contribution is 6.32. The molecule has 162 valence electrons. The summed E-state index contributed by atoms with van der Waals surface area (Å²) in [6, 6.07) is 11.2. The zero-order chi connectivity index (χ0) is 22.8. The van der Waals surface area contributed by atoms with Gasteiger partial charge in [-0.2, -0.15) is 23.0 Å². The minimum absolute atomic E-state index is 0.0386. The van der Waals surface area contributed by atoms with Gasteiger partial charge in [-0.3, -0.25) is 4.79 Å². The number of anilines is 1. The summed E-state index contributed by atoms with van der Waals surface area (Å²) in [6.45, 7) is 0.872. The quantitative estimate of drug-likeness (QED) is 0.570. The van der Waals surface area contributed by atoms with Gasteiger partial charge in [0.2, 0.25) is 5.88 Å². The lowest BCUT2D eigenvalue weighted by molar-refractivity contribution is -0.141. The predicted molar refractivity (Wildman–Crippen MR) is 106 cm³/mol. The zero-order valence-electron chi connectivity index (χ0n) is 15.9. The number of hydrogen-bond acceptors (Lipinski definition) is 4. The topological polar surface area (TPSA) is 93.5 Å². The first kappa shape index (κ1) is 22.2. The van der Waals surface area contributed by atoms with Crippen molar-refractivity contribution < 1.29 is 32.6 Å². The molecule has 0 spiro atoms. The number of alkyl halides is 3. The number of hydrogen-bond donors (Lipinski definition) is 2. The van der Waals surface area contributed by atoms with Crippen LogP contribution in [-0.2, 0) is 11.0 Å². The van der Waals surface area contributed by atoms with E-state index in [2.05, 4.69) is 10.4 Å². The molecule has 2 aromatic carbocycles. The molecule has 3 aromatic rings. The number of carboxylic acids is 1. The van der Waals surface area contributed by atoms with Crippen molar-refractivity contribution in [1.29, 1.82) is 0 Å². The number of aromatic carboxylic acids is 1. The Kier molecular flexibility index (Phi) is 6.21. The number of aromatic nitrogens is 2. The van der Waals surface area contributed by atoms with Crippen molar-refractivity contribution in [3.05, 3.63) is 70.4 Å². The standard InChI is InChI=1S/C20H15ClF3N3O4/c1-11-5-4-7-13(18(11)19(29)30)25-16(28)10-31-17-9-15(20(22,23)24)26-27(17)14-8-3-2-6-12(14)21/h2-9H,10H2,1H3,(H,25,28)(H,29,30). The summed E-state index contributed by atoms with van der Waals surface area (Å²) in [5.41, 5.74) is -0.734. The number of carbonyl (C=O) groups excluding carboxylic acids is 1. The molecular weight excluding hydrogens is 439 g/mol. The molecule has 0 atom stereocenters. The first-order chi connectivity index (χ1) is 14.6. The predicted octanol–water partition coefficient (Wildman–Crippen LogP) is 4.57. The van der Waals surface area contributed by atoms with Crippen molar-refractivity contribution in [2.24, 2.45) is 0 Å². The molecule has 0 fully saturated rings. The lowest BCUT2D eigenvalue weighted by atomic mass is 10.1. The van der Waals surface area contributed by atoms with Crippen molar-refractivity contribution in [2.45, 2.75) is 13.1 Å². The van der Waals surface area contributed by atoms with Crippen LogP contribution in [0.4, 0.5) is 18.9 Å². The largest absolute Gasteiger partial charge is 0.478 e. The monoisotopic (exact) mass is 453 g/mol. The Morgan fingerprint density at radius 1 is 1.19 bits per heavy atom. The third-order valence-electron chi connectivity index (χ3n) is 4.16. The summed E-state index contributed by atoms with van der Waals surface area (Å²) in [5, 5.41) is 15.3. The van der Waals surface area contributed by atoms with Gasteiger partial charge in [-0.15, -0.1) is 0 Å².